The van der Waals surface area contributed by atoms with Crippen molar-refractivity contribution in [2.24, 2.45) is 22.7 Å². The van der Waals surface area contributed by atoms with Crippen LogP contribution in [0.2, 0.25) is 0 Å². The molecule has 1 heterocycles. The molecule has 0 aliphatic heterocycles. The fourth-order valence-corrected chi connectivity index (χ4v) is 5.28. The smallest absolute Gasteiger partial charge is 0.310 e. The fraction of sp³-hybridized carbons (Fsp3) is 0.650. The van der Waals surface area contributed by atoms with Crippen molar-refractivity contribution in [1.29, 1.82) is 0 Å². The molecule has 1 aromatic rings. The molecule has 0 aromatic carbocycles. The first-order valence-electron chi connectivity index (χ1n) is 8.83. The van der Waals surface area contributed by atoms with Gasteiger partial charge in [0, 0.05) is 0 Å². The monoisotopic (exact) mass is 316 g/mol. The van der Waals surface area contributed by atoms with Crippen LogP contribution < -0.4 is 0 Å². The van der Waals surface area contributed by atoms with Crippen molar-refractivity contribution in [2.45, 2.75) is 59.3 Å². The maximum Gasteiger partial charge on any atom is 0.310 e. The topological polar surface area (TPSA) is 50.4 Å². The third kappa shape index (κ3) is 2.45. The molecule has 0 saturated heterocycles. The van der Waals surface area contributed by atoms with Crippen LogP contribution in [0.25, 0.3) is 0 Å². The van der Waals surface area contributed by atoms with Gasteiger partial charge in [-0.15, -0.1) is 0 Å². The van der Waals surface area contributed by atoms with Crippen molar-refractivity contribution in [2.75, 3.05) is 0 Å². The highest BCUT2D eigenvalue weighted by atomic mass is 16.4. The van der Waals surface area contributed by atoms with E-state index in [1.54, 1.807) is 12.5 Å². The van der Waals surface area contributed by atoms with Crippen molar-refractivity contribution in [3.63, 3.8) is 0 Å². The summed E-state index contributed by atoms with van der Waals surface area (Å²) in [5.74, 6) is -0.150. The quantitative estimate of drug-likeness (QED) is 0.788. The molecule has 3 rings (SSSR count). The maximum atomic E-state index is 12.5. The van der Waals surface area contributed by atoms with E-state index in [2.05, 4.69) is 26.8 Å². The molecule has 0 bridgehead atoms. The number of carboxylic acid groups (broad SMARTS) is 1. The lowest BCUT2D eigenvalue weighted by Crippen LogP contribution is -2.55. The number of aliphatic carboxylic acids is 1. The summed E-state index contributed by atoms with van der Waals surface area (Å²) in [6.45, 7) is 6.64. The molecule has 1 N–H and O–H groups in total. The van der Waals surface area contributed by atoms with Crippen molar-refractivity contribution < 1.29 is 14.3 Å². The van der Waals surface area contributed by atoms with Gasteiger partial charge in [-0.3, -0.25) is 4.79 Å². The second-order valence-corrected chi connectivity index (χ2v) is 7.85. The molecule has 2 aliphatic rings. The van der Waals surface area contributed by atoms with Gasteiger partial charge in [-0.2, -0.15) is 0 Å². The largest absolute Gasteiger partial charge is 0.481 e. The summed E-state index contributed by atoms with van der Waals surface area (Å²) in [6, 6.07) is 1.95. The normalized spacial score (nSPS) is 37.1. The van der Waals surface area contributed by atoms with Gasteiger partial charge in [-0.25, -0.2) is 0 Å². The molecule has 0 radical (unpaired) electrons. The SMILES string of the molecule is CC1=CCC[C@@H]2[C@](CCc3ccoc3)(C(=O)O)[C@@H](C)CC[C@]12C. The summed E-state index contributed by atoms with van der Waals surface area (Å²) in [6.07, 6.45) is 11.3. The molecule has 1 saturated carbocycles. The molecule has 3 nitrogen and oxygen atoms in total. The molecular weight excluding hydrogens is 288 g/mol. The number of carbonyl (C=O) groups is 1. The molecule has 23 heavy (non-hydrogen) atoms. The number of allylic oxidation sites excluding steroid dienone is 2. The number of carboxylic acids is 1. The zero-order valence-electron chi connectivity index (χ0n) is 14.5. The second kappa shape index (κ2) is 5.85. The number of furan rings is 1. The Labute approximate surface area is 138 Å². The first-order valence-corrected chi connectivity index (χ1v) is 8.83. The summed E-state index contributed by atoms with van der Waals surface area (Å²) in [5, 5.41) is 10.3. The van der Waals surface area contributed by atoms with Gasteiger partial charge in [-0.05, 0) is 74.3 Å². The van der Waals surface area contributed by atoms with Crippen molar-refractivity contribution in [1.82, 2.24) is 0 Å². The summed E-state index contributed by atoms with van der Waals surface area (Å²) in [5.41, 5.74) is 1.92. The Morgan fingerprint density at radius 1 is 1.43 bits per heavy atom. The van der Waals surface area contributed by atoms with E-state index < -0.39 is 11.4 Å². The lowest BCUT2D eigenvalue weighted by Gasteiger charge is -2.57. The second-order valence-electron chi connectivity index (χ2n) is 7.85. The van der Waals surface area contributed by atoms with E-state index in [9.17, 15) is 9.90 Å². The summed E-state index contributed by atoms with van der Waals surface area (Å²) in [7, 11) is 0. The molecule has 1 fully saturated rings. The highest BCUT2D eigenvalue weighted by molar-refractivity contribution is 5.76. The Bertz CT molecular complexity index is 600. The summed E-state index contributed by atoms with van der Waals surface area (Å²) < 4.78 is 5.16. The Balaban J connectivity index is 1.98. The van der Waals surface area contributed by atoms with Gasteiger partial charge in [0.2, 0.25) is 0 Å². The van der Waals surface area contributed by atoms with Crippen LogP contribution in [-0.4, -0.2) is 11.1 Å². The van der Waals surface area contributed by atoms with E-state index in [4.69, 9.17) is 4.42 Å². The highest BCUT2D eigenvalue weighted by Gasteiger charge is 2.59. The number of aryl methyl sites for hydroxylation is 1. The van der Waals surface area contributed by atoms with Gasteiger partial charge < -0.3 is 9.52 Å². The molecule has 0 amide bonds. The van der Waals surface area contributed by atoms with Gasteiger partial charge in [0.15, 0.2) is 0 Å². The molecular formula is C20H28O3. The maximum absolute atomic E-state index is 12.5. The average molecular weight is 316 g/mol. The standard InChI is InChI=1S/C20H28O3/c1-14-5-4-6-17-19(14,3)10-7-15(2)20(17,18(21)22)11-8-16-9-12-23-13-16/h5,9,12-13,15,17H,4,6-8,10-11H2,1-3H3,(H,21,22)/t15-,17-,19+,20+/m0/s1. The Kier molecular flexibility index (Phi) is 4.16. The van der Waals surface area contributed by atoms with Gasteiger partial charge in [0.05, 0.1) is 17.9 Å². The Morgan fingerprint density at radius 2 is 2.22 bits per heavy atom. The molecule has 3 heteroatoms. The highest BCUT2D eigenvalue weighted by Crippen LogP contribution is 2.62. The lowest BCUT2D eigenvalue weighted by molar-refractivity contribution is -0.169. The average Bonchev–Trinajstić information content (AvgIpc) is 3.02. The zero-order chi connectivity index (χ0) is 16.7. The minimum Gasteiger partial charge on any atom is -0.481 e. The van der Waals surface area contributed by atoms with Crippen LogP contribution in [0.5, 0.6) is 0 Å². The third-order valence-electron chi connectivity index (χ3n) is 6.98. The van der Waals surface area contributed by atoms with E-state index in [1.807, 2.05) is 6.07 Å². The van der Waals surface area contributed by atoms with Crippen LogP contribution >= 0.6 is 0 Å². The van der Waals surface area contributed by atoms with Crippen LogP contribution in [0.3, 0.4) is 0 Å². The molecule has 0 spiro atoms. The summed E-state index contributed by atoms with van der Waals surface area (Å²) in [4.78, 5) is 12.5. The molecule has 4 atom stereocenters. The van der Waals surface area contributed by atoms with E-state index in [0.717, 1.165) is 37.7 Å². The van der Waals surface area contributed by atoms with Gasteiger partial charge >= 0.3 is 5.97 Å². The van der Waals surface area contributed by atoms with Crippen molar-refractivity contribution in [3.8, 4) is 0 Å². The van der Waals surface area contributed by atoms with Crippen molar-refractivity contribution >= 4 is 5.97 Å². The molecule has 1 aromatic heterocycles. The molecule has 0 unspecified atom stereocenters. The van der Waals surface area contributed by atoms with Crippen LogP contribution in [0.1, 0.15) is 58.4 Å². The lowest BCUT2D eigenvalue weighted by atomic mass is 9.46. The van der Waals surface area contributed by atoms with Crippen LogP contribution in [0, 0.1) is 22.7 Å². The summed E-state index contributed by atoms with van der Waals surface area (Å²) >= 11 is 0. The van der Waals surface area contributed by atoms with Gasteiger partial charge in [0.1, 0.15) is 0 Å². The molecule has 2 aliphatic carbocycles. The van der Waals surface area contributed by atoms with E-state index in [0.29, 0.717) is 6.42 Å². The van der Waals surface area contributed by atoms with E-state index in [1.165, 1.54) is 5.57 Å². The molecule has 126 valence electrons. The minimum absolute atomic E-state index is 0.0412. The van der Waals surface area contributed by atoms with Crippen molar-refractivity contribution in [3.05, 3.63) is 35.8 Å². The van der Waals surface area contributed by atoms with Crippen LogP contribution in [-0.2, 0) is 11.2 Å². The third-order valence-corrected chi connectivity index (χ3v) is 6.98. The first-order chi connectivity index (χ1) is 10.9. The van der Waals surface area contributed by atoms with Crippen LogP contribution in [0.15, 0.2) is 34.7 Å². The fourth-order valence-electron chi connectivity index (χ4n) is 5.28. The number of rotatable bonds is 4. The first kappa shape index (κ1) is 16.4. The predicted octanol–water partition coefficient (Wildman–Crippen LogP) is 5.08. The van der Waals surface area contributed by atoms with Gasteiger partial charge in [0.25, 0.3) is 0 Å². The zero-order valence-corrected chi connectivity index (χ0v) is 14.5. The van der Waals surface area contributed by atoms with Crippen LogP contribution in [0.4, 0.5) is 0 Å². The number of hydrogen-bond donors (Lipinski definition) is 1. The Hall–Kier alpha value is -1.51. The minimum atomic E-state index is -0.625. The van der Waals surface area contributed by atoms with E-state index in [-0.39, 0.29) is 17.3 Å². The number of fused-ring (bicyclic) bond motifs is 1. The predicted molar refractivity (Wildman–Crippen MR) is 90.1 cm³/mol. The van der Waals surface area contributed by atoms with Gasteiger partial charge in [-0.1, -0.05) is 25.5 Å². The van der Waals surface area contributed by atoms with E-state index >= 15 is 0 Å². The Morgan fingerprint density at radius 3 is 2.87 bits per heavy atom. The number of hydrogen-bond acceptors (Lipinski definition) is 2.